The molecule has 0 aromatic carbocycles. The fourth-order valence-corrected chi connectivity index (χ4v) is 2.09. The Morgan fingerprint density at radius 3 is 2.26 bits per heavy atom. The third kappa shape index (κ3) is 11.7. The molecule has 0 fully saturated rings. The molecule has 1 atom stereocenters. The Bertz CT molecular complexity index is 264. The maximum absolute atomic E-state index is 11.5. The van der Waals surface area contributed by atoms with E-state index >= 15 is 0 Å². The summed E-state index contributed by atoms with van der Waals surface area (Å²) in [5, 5.41) is 11.6. The number of rotatable bonds is 11. The van der Waals surface area contributed by atoms with Crippen LogP contribution < -0.4 is 5.32 Å². The molecular weight excluding hydrogens is 242 g/mol. The molecule has 4 nitrogen and oxygen atoms in total. The van der Waals surface area contributed by atoms with E-state index in [2.05, 4.69) is 26.1 Å². The third-order valence-corrected chi connectivity index (χ3v) is 3.29. The molecule has 19 heavy (non-hydrogen) atoms. The zero-order valence-corrected chi connectivity index (χ0v) is 12.6. The summed E-state index contributed by atoms with van der Waals surface area (Å²) >= 11 is 0. The lowest BCUT2D eigenvalue weighted by molar-refractivity contribution is -0.137. The van der Waals surface area contributed by atoms with Crippen molar-refractivity contribution >= 4 is 11.9 Å². The van der Waals surface area contributed by atoms with E-state index in [1.165, 1.54) is 0 Å². The summed E-state index contributed by atoms with van der Waals surface area (Å²) in [6.07, 6.45) is 5.43. The first-order valence-corrected chi connectivity index (χ1v) is 7.44. The van der Waals surface area contributed by atoms with Gasteiger partial charge in [0.25, 0.3) is 0 Å². The van der Waals surface area contributed by atoms with Gasteiger partial charge in [-0.25, -0.2) is 0 Å². The second-order valence-electron chi connectivity index (χ2n) is 5.66. The Kier molecular flexibility index (Phi) is 10.2. The molecule has 0 aromatic rings. The number of hydrogen-bond donors (Lipinski definition) is 2. The minimum absolute atomic E-state index is 0.113. The summed E-state index contributed by atoms with van der Waals surface area (Å²) < 4.78 is 0. The van der Waals surface area contributed by atoms with Crippen LogP contribution in [0.4, 0.5) is 0 Å². The van der Waals surface area contributed by atoms with Crippen LogP contribution in [-0.2, 0) is 9.59 Å². The van der Waals surface area contributed by atoms with Gasteiger partial charge in [-0.1, -0.05) is 33.6 Å². The van der Waals surface area contributed by atoms with Crippen molar-refractivity contribution in [3.63, 3.8) is 0 Å². The first-order chi connectivity index (χ1) is 8.95. The molecule has 4 heteroatoms. The van der Waals surface area contributed by atoms with E-state index in [0.29, 0.717) is 31.2 Å². The molecular formula is C15H29NO3. The second kappa shape index (κ2) is 10.8. The zero-order valence-electron chi connectivity index (χ0n) is 12.6. The van der Waals surface area contributed by atoms with Gasteiger partial charge in [-0.3, -0.25) is 9.59 Å². The van der Waals surface area contributed by atoms with Crippen molar-refractivity contribution in [2.24, 2.45) is 11.8 Å². The lowest BCUT2D eigenvalue weighted by atomic mass is 9.94. The highest BCUT2D eigenvalue weighted by Gasteiger charge is 2.11. The van der Waals surface area contributed by atoms with Crippen LogP contribution in [-0.4, -0.2) is 23.5 Å². The molecule has 0 radical (unpaired) electrons. The zero-order chi connectivity index (χ0) is 14.7. The van der Waals surface area contributed by atoms with Gasteiger partial charge in [-0.05, 0) is 31.1 Å². The summed E-state index contributed by atoms with van der Waals surface area (Å²) in [6, 6.07) is 0. The normalized spacial score (nSPS) is 12.4. The van der Waals surface area contributed by atoms with Crippen LogP contribution in [0, 0.1) is 11.8 Å². The third-order valence-electron chi connectivity index (χ3n) is 3.29. The van der Waals surface area contributed by atoms with Crippen LogP contribution in [0.2, 0.25) is 0 Å². The van der Waals surface area contributed by atoms with E-state index in [4.69, 9.17) is 5.11 Å². The highest BCUT2D eigenvalue weighted by Crippen LogP contribution is 2.17. The summed E-state index contributed by atoms with van der Waals surface area (Å²) in [5.74, 6) is 0.338. The van der Waals surface area contributed by atoms with Gasteiger partial charge in [-0.15, -0.1) is 0 Å². The van der Waals surface area contributed by atoms with Crippen molar-refractivity contribution in [2.45, 2.75) is 65.7 Å². The molecule has 0 saturated carbocycles. The van der Waals surface area contributed by atoms with Crippen molar-refractivity contribution in [3.8, 4) is 0 Å². The molecule has 0 rings (SSSR count). The number of carboxylic acids is 1. The molecule has 1 unspecified atom stereocenters. The monoisotopic (exact) mass is 271 g/mol. The minimum atomic E-state index is -0.734. The molecule has 0 heterocycles. The molecule has 0 aliphatic carbocycles. The quantitative estimate of drug-likeness (QED) is 0.606. The first-order valence-electron chi connectivity index (χ1n) is 7.44. The standard InChI is InChI=1S/C15H29NO3/c1-4-5-13(7-9-15(18)19)10-11-16-14(17)8-6-12(2)3/h12-13H,4-11H2,1-3H3,(H,16,17)(H,18,19). The van der Waals surface area contributed by atoms with Gasteiger partial charge in [0.15, 0.2) is 0 Å². The van der Waals surface area contributed by atoms with Crippen molar-refractivity contribution in [2.75, 3.05) is 6.54 Å². The van der Waals surface area contributed by atoms with E-state index in [-0.39, 0.29) is 12.3 Å². The van der Waals surface area contributed by atoms with E-state index < -0.39 is 5.97 Å². The number of nitrogens with one attached hydrogen (secondary N) is 1. The number of carboxylic acid groups (broad SMARTS) is 1. The van der Waals surface area contributed by atoms with Crippen LogP contribution in [0.5, 0.6) is 0 Å². The van der Waals surface area contributed by atoms with Crippen LogP contribution in [0.3, 0.4) is 0 Å². The topological polar surface area (TPSA) is 66.4 Å². The van der Waals surface area contributed by atoms with Crippen molar-refractivity contribution in [1.82, 2.24) is 5.32 Å². The van der Waals surface area contributed by atoms with E-state index in [9.17, 15) is 9.59 Å². The molecule has 0 aliphatic rings. The molecule has 0 aliphatic heterocycles. The maximum Gasteiger partial charge on any atom is 0.303 e. The number of carbonyl (C=O) groups is 2. The minimum Gasteiger partial charge on any atom is -0.481 e. The summed E-state index contributed by atoms with van der Waals surface area (Å²) in [6.45, 7) is 6.99. The lowest BCUT2D eigenvalue weighted by Gasteiger charge is -2.15. The Morgan fingerprint density at radius 1 is 1.05 bits per heavy atom. The van der Waals surface area contributed by atoms with Crippen LogP contribution in [0.25, 0.3) is 0 Å². The second-order valence-corrected chi connectivity index (χ2v) is 5.66. The van der Waals surface area contributed by atoms with E-state index in [1.807, 2.05) is 0 Å². The Balaban J connectivity index is 3.78. The van der Waals surface area contributed by atoms with Gasteiger partial charge in [0.1, 0.15) is 0 Å². The first kappa shape index (κ1) is 17.9. The molecule has 0 saturated heterocycles. The van der Waals surface area contributed by atoms with Gasteiger partial charge in [0, 0.05) is 19.4 Å². The van der Waals surface area contributed by atoms with Crippen molar-refractivity contribution in [1.29, 1.82) is 0 Å². The highest BCUT2D eigenvalue weighted by atomic mass is 16.4. The van der Waals surface area contributed by atoms with E-state index in [0.717, 1.165) is 25.7 Å². The SMILES string of the molecule is CCCC(CCNC(=O)CCC(C)C)CCC(=O)O. The molecule has 0 spiro atoms. The number of hydrogen-bond acceptors (Lipinski definition) is 2. The lowest BCUT2D eigenvalue weighted by Crippen LogP contribution is -2.26. The number of amides is 1. The Labute approximate surface area is 117 Å². The van der Waals surface area contributed by atoms with Crippen molar-refractivity contribution in [3.05, 3.63) is 0 Å². The highest BCUT2D eigenvalue weighted by molar-refractivity contribution is 5.75. The summed E-state index contributed by atoms with van der Waals surface area (Å²) in [4.78, 5) is 22.1. The van der Waals surface area contributed by atoms with Crippen LogP contribution in [0.1, 0.15) is 65.7 Å². The smallest absolute Gasteiger partial charge is 0.303 e. The average Bonchev–Trinajstić information content (AvgIpc) is 2.33. The Morgan fingerprint density at radius 2 is 1.74 bits per heavy atom. The van der Waals surface area contributed by atoms with Gasteiger partial charge < -0.3 is 10.4 Å². The Hall–Kier alpha value is -1.06. The largest absolute Gasteiger partial charge is 0.481 e. The molecule has 0 aromatic heterocycles. The molecule has 2 N–H and O–H groups in total. The fourth-order valence-electron chi connectivity index (χ4n) is 2.09. The van der Waals surface area contributed by atoms with Crippen LogP contribution >= 0.6 is 0 Å². The van der Waals surface area contributed by atoms with Gasteiger partial charge >= 0.3 is 5.97 Å². The number of carbonyl (C=O) groups excluding carboxylic acids is 1. The molecule has 112 valence electrons. The fraction of sp³-hybridized carbons (Fsp3) is 0.867. The molecule has 0 bridgehead atoms. The predicted octanol–water partition coefficient (Wildman–Crippen LogP) is 3.21. The van der Waals surface area contributed by atoms with Gasteiger partial charge in [0.05, 0.1) is 0 Å². The summed E-state index contributed by atoms with van der Waals surface area (Å²) in [5.41, 5.74) is 0. The van der Waals surface area contributed by atoms with E-state index in [1.54, 1.807) is 0 Å². The van der Waals surface area contributed by atoms with Gasteiger partial charge in [0.2, 0.25) is 5.91 Å². The average molecular weight is 271 g/mol. The maximum atomic E-state index is 11.5. The summed E-state index contributed by atoms with van der Waals surface area (Å²) in [7, 11) is 0. The van der Waals surface area contributed by atoms with Crippen molar-refractivity contribution < 1.29 is 14.7 Å². The van der Waals surface area contributed by atoms with Gasteiger partial charge in [-0.2, -0.15) is 0 Å². The molecule has 1 amide bonds. The predicted molar refractivity (Wildman–Crippen MR) is 77.0 cm³/mol. The van der Waals surface area contributed by atoms with Crippen LogP contribution in [0.15, 0.2) is 0 Å². The number of aliphatic carboxylic acids is 1.